The minimum absolute atomic E-state index is 0.0963. The van der Waals surface area contributed by atoms with Crippen LogP contribution in [0.4, 0.5) is 5.69 Å². The monoisotopic (exact) mass is 275 g/mol. The number of benzene rings is 1. The summed E-state index contributed by atoms with van der Waals surface area (Å²) < 4.78 is 5.02. The fraction of sp³-hybridized carbons (Fsp3) is 0.500. The molecule has 108 valence electrons. The van der Waals surface area contributed by atoms with Gasteiger partial charge in [-0.1, -0.05) is 18.2 Å². The zero-order chi connectivity index (χ0) is 14.7. The molecule has 20 heavy (non-hydrogen) atoms. The van der Waals surface area contributed by atoms with Crippen LogP contribution in [0.1, 0.15) is 24.5 Å². The number of Topliss-reactive ketones (excluding diaryl/α,β-unsaturated/α-hetero) is 1. The summed E-state index contributed by atoms with van der Waals surface area (Å²) in [6, 6.07) is 6.06. The number of anilines is 1. The summed E-state index contributed by atoms with van der Waals surface area (Å²) >= 11 is 0. The number of carbonyl (C=O) groups excluding carboxylic acids is 2. The predicted molar refractivity (Wildman–Crippen MR) is 77.9 cm³/mol. The number of ketones is 1. The molecule has 1 aromatic rings. The second kappa shape index (κ2) is 6.07. The first-order valence-corrected chi connectivity index (χ1v) is 6.96. The van der Waals surface area contributed by atoms with Gasteiger partial charge in [0.25, 0.3) is 0 Å². The highest BCUT2D eigenvalue weighted by Gasteiger charge is 2.29. The molecule has 4 nitrogen and oxygen atoms in total. The van der Waals surface area contributed by atoms with Gasteiger partial charge in [-0.05, 0) is 38.3 Å². The van der Waals surface area contributed by atoms with Crippen molar-refractivity contribution in [2.24, 2.45) is 5.92 Å². The smallest absolute Gasteiger partial charge is 0.310 e. The summed E-state index contributed by atoms with van der Waals surface area (Å²) in [5.41, 5.74) is 3.30. The molecule has 1 fully saturated rings. The summed E-state index contributed by atoms with van der Waals surface area (Å²) in [7, 11) is 0. The summed E-state index contributed by atoms with van der Waals surface area (Å²) in [5, 5.41) is 0. The van der Waals surface area contributed by atoms with Crippen molar-refractivity contribution in [2.45, 2.75) is 27.2 Å². The summed E-state index contributed by atoms with van der Waals surface area (Å²) in [4.78, 5) is 25.2. The van der Waals surface area contributed by atoms with Gasteiger partial charge in [0.2, 0.25) is 0 Å². The van der Waals surface area contributed by atoms with Gasteiger partial charge in [0.15, 0.2) is 0 Å². The third-order valence-electron chi connectivity index (χ3n) is 3.65. The van der Waals surface area contributed by atoms with Gasteiger partial charge in [-0.25, -0.2) is 0 Å². The topological polar surface area (TPSA) is 46.6 Å². The highest BCUT2D eigenvalue weighted by molar-refractivity contribution is 5.82. The standard InChI is InChI=1S/C16H21NO3/c1-11-5-4-6-12(2)15(11)17(9-13(3)18)10-14-7-8-20-16(14)19/h4-6,14H,7-10H2,1-3H3. The lowest BCUT2D eigenvalue weighted by Gasteiger charge is -2.28. The number of hydrogen-bond acceptors (Lipinski definition) is 4. The van der Waals surface area contributed by atoms with Gasteiger partial charge in [0, 0.05) is 12.2 Å². The van der Waals surface area contributed by atoms with E-state index in [-0.39, 0.29) is 17.7 Å². The Morgan fingerprint density at radius 1 is 1.35 bits per heavy atom. The van der Waals surface area contributed by atoms with Crippen molar-refractivity contribution in [3.05, 3.63) is 29.3 Å². The number of nitrogens with zero attached hydrogens (tertiary/aromatic N) is 1. The van der Waals surface area contributed by atoms with Crippen LogP contribution in [-0.2, 0) is 14.3 Å². The average molecular weight is 275 g/mol. The number of hydrogen-bond donors (Lipinski definition) is 0. The normalized spacial score (nSPS) is 17.9. The largest absolute Gasteiger partial charge is 0.465 e. The summed E-state index contributed by atoms with van der Waals surface area (Å²) in [6.07, 6.45) is 0.734. The van der Waals surface area contributed by atoms with Crippen LogP contribution in [0.25, 0.3) is 0 Å². The SMILES string of the molecule is CC(=O)CN(CC1CCOC1=O)c1c(C)cccc1C. The van der Waals surface area contributed by atoms with E-state index < -0.39 is 0 Å². The molecule has 1 saturated heterocycles. The Labute approximate surface area is 119 Å². The Morgan fingerprint density at radius 2 is 2.00 bits per heavy atom. The first-order valence-electron chi connectivity index (χ1n) is 6.96. The lowest BCUT2D eigenvalue weighted by Crippen LogP contribution is -2.36. The van der Waals surface area contributed by atoms with Crippen molar-refractivity contribution >= 4 is 17.4 Å². The molecule has 0 bridgehead atoms. The zero-order valence-electron chi connectivity index (χ0n) is 12.3. The van der Waals surface area contributed by atoms with Gasteiger partial charge in [-0.15, -0.1) is 0 Å². The number of rotatable bonds is 5. The average Bonchev–Trinajstić information content (AvgIpc) is 2.74. The van der Waals surface area contributed by atoms with Crippen molar-refractivity contribution in [3.8, 4) is 0 Å². The number of cyclic esters (lactones) is 1. The Bertz CT molecular complexity index is 504. The molecule has 0 radical (unpaired) electrons. The number of ether oxygens (including phenoxy) is 1. The summed E-state index contributed by atoms with van der Waals surface area (Å²) in [6.45, 7) is 7.00. The zero-order valence-corrected chi connectivity index (χ0v) is 12.3. The maximum absolute atomic E-state index is 11.7. The van der Waals surface area contributed by atoms with E-state index in [1.165, 1.54) is 0 Å². The minimum Gasteiger partial charge on any atom is -0.465 e. The number of esters is 1. The fourth-order valence-corrected chi connectivity index (χ4v) is 2.78. The number of aryl methyl sites for hydroxylation is 2. The van der Waals surface area contributed by atoms with Gasteiger partial charge >= 0.3 is 5.97 Å². The second-order valence-corrected chi connectivity index (χ2v) is 5.48. The number of carbonyl (C=O) groups is 2. The molecule has 1 unspecified atom stereocenters. The minimum atomic E-state index is -0.148. The maximum Gasteiger partial charge on any atom is 0.310 e. The van der Waals surface area contributed by atoms with Crippen LogP contribution < -0.4 is 4.90 Å². The van der Waals surface area contributed by atoms with Crippen LogP contribution in [-0.4, -0.2) is 31.4 Å². The van der Waals surface area contributed by atoms with Crippen molar-refractivity contribution in [3.63, 3.8) is 0 Å². The Morgan fingerprint density at radius 3 is 2.50 bits per heavy atom. The van der Waals surface area contributed by atoms with Gasteiger partial charge in [-0.2, -0.15) is 0 Å². The Kier molecular flexibility index (Phi) is 4.42. The summed E-state index contributed by atoms with van der Waals surface area (Å²) in [5.74, 6) is -0.183. The highest BCUT2D eigenvalue weighted by Crippen LogP contribution is 2.27. The van der Waals surface area contributed by atoms with Crippen LogP contribution in [0.2, 0.25) is 0 Å². The van der Waals surface area contributed by atoms with Crippen LogP contribution in [0, 0.1) is 19.8 Å². The molecule has 0 aromatic heterocycles. The second-order valence-electron chi connectivity index (χ2n) is 5.48. The molecular formula is C16H21NO3. The van der Waals surface area contributed by atoms with Crippen molar-refractivity contribution in [1.29, 1.82) is 0 Å². The molecule has 0 N–H and O–H groups in total. The van der Waals surface area contributed by atoms with E-state index in [1.54, 1.807) is 6.92 Å². The highest BCUT2D eigenvalue weighted by atomic mass is 16.5. The van der Waals surface area contributed by atoms with Crippen molar-refractivity contribution < 1.29 is 14.3 Å². The number of para-hydroxylation sites is 1. The van der Waals surface area contributed by atoms with Crippen LogP contribution >= 0.6 is 0 Å². The molecule has 0 spiro atoms. The first kappa shape index (κ1) is 14.6. The Balaban J connectivity index is 2.27. The van der Waals surface area contributed by atoms with Crippen LogP contribution in [0.5, 0.6) is 0 Å². The van der Waals surface area contributed by atoms with Crippen molar-refractivity contribution in [1.82, 2.24) is 0 Å². The maximum atomic E-state index is 11.7. The fourth-order valence-electron chi connectivity index (χ4n) is 2.78. The van der Waals surface area contributed by atoms with E-state index in [9.17, 15) is 9.59 Å². The lowest BCUT2D eigenvalue weighted by atomic mass is 10.0. The van der Waals surface area contributed by atoms with Crippen molar-refractivity contribution in [2.75, 3.05) is 24.6 Å². The molecule has 2 rings (SSSR count). The lowest BCUT2D eigenvalue weighted by molar-refractivity contribution is -0.141. The van der Waals surface area contributed by atoms with E-state index in [4.69, 9.17) is 4.74 Å². The van der Waals surface area contributed by atoms with Crippen LogP contribution in [0.15, 0.2) is 18.2 Å². The van der Waals surface area contributed by atoms with E-state index >= 15 is 0 Å². The molecule has 4 heteroatoms. The van der Waals surface area contributed by atoms with Gasteiger partial charge in [0.05, 0.1) is 19.1 Å². The van der Waals surface area contributed by atoms with Crippen LogP contribution in [0.3, 0.4) is 0 Å². The van der Waals surface area contributed by atoms with E-state index in [0.717, 1.165) is 23.2 Å². The van der Waals surface area contributed by atoms with E-state index in [1.807, 2.05) is 36.9 Å². The van der Waals surface area contributed by atoms with Gasteiger partial charge < -0.3 is 9.64 Å². The van der Waals surface area contributed by atoms with Gasteiger partial charge in [0.1, 0.15) is 5.78 Å². The third-order valence-corrected chi connectivity index (χ3v) is 3.65. The Hall–Kier alpha value is -1.84. The molecule has 1 heterocycles. The van der Waals surface area contributed by atoms with E-state index in [2.05, 4.69) is 0 Å². The third kappa shape index (κ3) is 3.18. The molecule has 1 atom stereocenters. The molecule has 0 saturated carbocycles. The van der Waals surface area contributed by atoms with E-state index in [0.29, 0.717) is 19.7 Å². The molecular weight excluding hydrogens is 254 g/mol. The molecule has 1 aromatic carbocycles. The van der Waals surface area contributed by atoms with Gasteiger partial charge in [-0.3, -0.25) is 9.59 Å². The quantitative estimate of drug-likeness (QED) is 0.773. The molecule has 0 aliphatic carbocycles. The molecule has 0 amide bonds. The predicted octanol–water partition coefficient (Wildman–Crippen LogP) is 2.26. The molecule has 1 aliphatic heterocycles. The molecule has 1 aliphatic rings. The first-order chi connectivity index (χ1) is 9.49.